The molecule has 4 bridgehead atoms. The Bertz CT molecular complexity index is 721. The number of alkyl carbamates (subject to hydrolysis) is 1. The molecule has 4 saturated carbocycles. The van der Waals surface area contributed by atoms with Crippen LogP contribution in [0.4, 0.5) is 10.5 Å². The van der Waals surface area contributed by atoms with E-state index in [4.69, 9.17) is 4.74 Å². The van der Waals surface area contributed by atoms with Crippen molar-refractivity contribution in [2.45, 2.75) is 70.8 Å². The fraction of sp³-hybridized carbons (Fsp3) is 0.667. The summed E-state index contributed by atoms with van der Waals surface area (Å²) in [5.74, 6) is 2.78. The highest BCUT2D eigenvalue weighted by molar-refractivity contribution is 5.96. The van der Waals surface area contributed by atoms with E-state index in [9.17, 15) is 9.59 Å². The van der Waals surface area contributed by atoms with Gasteiger partial charge in [0.05, 0.1) is 6.61 Å². The zero-order chi connectivity index (χ0) is 20.6. The van der Waals surface area contributed by atoms with Crippen LogP contribution in [0.1, 0.15) is 64.9 Å². The molecule has 4 aliphatic rings. The molecule has 1 aromatic carbocycles. The number of amides is 2. The molecule has 158 valence electrons. The van der Waals surface area contributed by atoms with Crippen LogP contribution >= 0.6 is 0 Å². The van der Waals surface area contributed by atoms with Crippen molar-refractivity contribution in [2.75, 3.05) is 11.9 Å². The zero-order valence-corrected chi connectivity index (χ0v) is 17.9. The van der Waals surface area contributed by atoms with Crippen molar-refractivity contribution in [3.8, 4) is 0 Å². The van der Waals surface area contributed by atoms with Crippen LogP contribution < -0.4 is 10.6 Å². The van der Waals surface area contributed by atoms with Crippen molar-refractivity contribution in [1.82, 2.24) is 5.32 Å². The molecule has 0 saturated heterocycles. The molecule has 5 rings (SSSR count). The van der Waals surface area contributed by atoms with Crippen LogP contribution in [0.5, 0.6) is 0 Å². The van der Waals surface area contributed by atoms with Gasteiger partial charge >= 0.3 is 6.09 Å². The van der Waals surface area contributed by atoms with Crippen LogP contribution in [0.3, 0.4) is 0 Å². The standard InChI is InChI=1S/C24H34N2O3/c1-15(2)14-29-23(28)25-16(3)22(27)26-21-6-4-20(5-7-21)24-11-17-8-18(12-24)10-19(9-17)13-24/h4-7,15-19H,8-14H2,1-3H3,(H,25,28)(H,26,27)/t16-,17?,18?,19?,24?/m0/s1. The number of hydrogen-bond acceptors (Lipinski definition) is 3. The molecule has 4 fully saturated rings. The summed E-state index contributed by atoms with van der Waals surface area (Å²) in [6.45, 7) is 5.94. The van der Waals surface area contributed by atoms with E-state index in [-0.39, 0.29) is 11.8 Å². The summed E-state index contributed by atoms with van der Waals surface area (Å²) in [6, 6.07) is 7.78. The van der Waals surface area contributed by atoms with Gasteiger partial charge in [0.1, 0.15) is 6.04 Å². The highest BCUT2D eigenvalue weighted by atomic mass is 16.5. The minimum Gasteiger partial charge on any atom is -0.449 e. The molecule has 4 aliphatic carbocycles. The second-order valence-electron chi connectivity index (χ2n) is 10.1. The first-order valence-electron chi connectivity index (χ1n) is 11.2. The lowest BCUT2D eigenvalue weighted by Gasteiger charge is -2.57. The van der Waals surface area contributed by atoms with Crippen LogP contribution in [-0.2, 0) is 14.9 Å². The van der Waals surface area contributed by atoms with Crippen molar-refractivity contribution < 1.29 is 14.3 Å². The first-order chi connectivity index (χ1) is 13.8. The molecule has 0 aliphatic heterocycles. The molecule has 1 aromatic rings. The lowest BCUT2D eigenvalue weighted by atomic mass is 9.48. The molecule has 29 heavy (non-hydrogen) atoms. The SMILES string of the molecule is CC(C)COC(=O)N[C@@H](C)C(=O)Nc1ccc(C23CC4CC(CC(C4)C2)C3)cc1. The summed E-state index contributed by atoms with van der Waals surface area (Å²) >= 11 is 0. The van der Waals surface area contributed by atoms with Gasteiger partial charge in [-0.2, -0.15) is 0 Å². The maximum absolute atomic E-state index is 12.4. The lowest BCUT2D eigenvalue weighted by Crippen LogP contribution is -2.48. The van der Waals surface area contributed by atoms with E-state index in [0.717, 1.165) is 23.4 Å². The summed E-state index contributed by atoms with van der Waals surface area (Å²) < 4.78 is 5.08. The Balaban J connectivity index is 1.34. The average molecular weight is 399 g/mol. The zero-order valence-electron chi connectivity index (χ0n) is 17.9. The number of anilines is 1. The van der Waals surface area contributed by atoms with Gasteiger partial charge in [-0.05, 0) is 92.2 Å². The highest BCUT2D eigenvalue weighted by Gasteiger charge is 2.51. The monoisotopic (exact) mass is 398 g/mol. The Morgan fingerprint density at radius 1 is 1.00 bits per heavy atom. The van der Waals surface area contributed by atoms with Crippen molar-refractivity contribution in [3.63, 3.8) is 0 Å². The minimum atomic E-state index is -0.655. The second-order valence-corrected chi connectivity index (χ2v) is 10.1. The van der Waals surface area contributed by atoms with Crippen LogP contribution in [-0.4, -0.2) is 24.6 Å². The number of carbonyl (C=O) groups excluding carboxylic acids is 2. The molecular formula is C24H34N2O3. The largest absolute Gasteiger partial charge is 0.449 e. The van der Waals surface area contributed by atoms with Gasteiger partial charge in [0.15, 0.2) is 0 Å². The lowest BCUT2D eigenvalue weighted by molar-refractivity contribution is -0.117. The van der Waals surface area contributed by atoms with Crippen LogP contribution in [0.2, 0.25) is 0 Å². The summed E-state index contributed by atoms with van der Waals surface area (Å²) in [6.07, 6.45) is 7.78. The van der Waals surface area contributed by atoms with Gasteiger partial charge in [-0.3, -0.25) is 4.79 Å². The summed E-state index contributed by atoms with van der Waals surface area (Å²) in [5.41, 5.74) is 2.58. The van der Waals surface area contributed by atoms with Crippen molar-refractivity contribution in [1.29, 1.82) is 0 Å². The predicted molar refractivity (Wildman–Crippen MR) is 114 cm³/mol. The first kappa shape index (κ1) is 20.2. The fourth-order valence-electron chi connectivity index (χ4n) is 6.15. The Labute approximate surface area is 174 Å². The summed E-state index contributed by atoms with van der Waals surface area (Å²) in [4.78, 5) is 24.2. The van der Waals surface area contributed by atoms with Crippen molar-refractivity contribution in [2.24, 2.45) is 23.7 Å². The normalized spacial score (nSPS) is 30.8. The molecular weight excluding hydrogens is 364 g/mol. The highest BCUT2D eigenvalue weighted by Crippen LogP contribution is 2.60. The van der Waals surface area contributed by atoms with Crippen LogP contribution in [0.15, 0.2) is 24.3 Å². The van der Waals surface area contributed by atoms with Gasteiger partial charge in [-0.15, -0.1) is 0 Å². The molecule has 0 unspecified atom stereocenters. The topological polar surface area (TPSA) is 67.4 Å². The van der Waals surface area contributed by atoms with Crippen LogP contribution in [0.25, 0.3) is 0 Å². The molecule has 5 nitrogen and oxygen atoms in total. The van der Waals surface area contributed by atoms with E-state index in [1.165, 1.54) is 44.1 Å². The third-order valence-electron chi connectivity index (χ3n) is 7.08. The molecule has 2 N–H and O–H groups in total. The maximum atomic E-state index is 12.4. The van der Waals surface area contributed by atoms with E-state index >= 15 is 0 Å². The van der Waals surface area contributed by atoms with Gasteiger partial charge in [0.25, 0.3) is 0 Å². The van der Waals surface area contributed by atoms with Crippen molar-refractivity contribution >= 4 is 17.7 Å². The Morgan fingerprint density at radius 3 is 2.07 bits per heavy atom. The van der Waals surface area contributed by atoms with Gasteiger partial charge in [0, 0.05) is 5.69 Å². The van der Waals surface area contributed by atoms with E-state index in [2.05, 4.69) is 22.8 Å². The number of nitrogens with one attached hydrogen (secondary N) is 2. The van der Waals surface area contributed by atoms with Gasteiger partial charge < -0.3 is 15.4 Å². The number of benzene rings is 1. The fourth-order valence-corrected chi connectivity index (χ4v) is 6.15. The smallest absolute Gasteiger partial charge is 0.407 e. The average Bonchev–Trinajstić information content (AvgIpc) is 2.65. The van der Waals surface area contributed by atoms with E-state index in [1.54, 1.807) is 6.92 Å². The van der Waals surface area contributed by atoms with Gasteiger partial charge in [-0.1, -0.05) is 26.0 Å². The van der Waals surface area contributed by atoms with E-state index in [0.29, 0.717) is 12.0 Å². The molecule has 0 aromatic heterocycles. The predicted octanol–water partition coefficient (Wildman–Crippen LogP) is 4.86. The third-order valence-corrected chi connectivity index (χ3v) is 7.08. The van der Waals surface area contributed by atoms with Gasteiger partial charge in [-0.25, -0.2) is 4.79 Å². The van der Waals surface area contributed by atoms with Crippen LogP contribution in [0, 0.1) is 23.7 Å². The molecule has 0 heterocycles. The first-order valence-corrected chi connectivity index (χ1v) is 11.2. The van der Waals surface area contributed by atoms with E-state index < -0.39 is 12.1 Å². The Morgan fingerprint density at radius 2 is 1.55 bits per heavy atom. The number of ether oxygens (including phenoxy) is 1. The molecule has 5 heteroatoms. The Kier molecular flexibility index (Phi) is 5.58. The third kappa shape index (κ3) is 4.44. The Hall–Kier alpha value is -2.04. The van der Waals surface area contributed by atoms with E-state index in [1.807, 2.05) is 26.0 Å². The summed E-state index contributed by atoms with van der Waals surface area (Å²) in [5, 5.41) is 5.49. The quantitative estimate of drug-likeness (QED) is 0.719. The maximum Gasteiger partial charge on any atom is 0.407 e. The molecule has 2 amide bonds. The van der Waals surface area contributed by atoms with Crippen molar-refractivity contribution in [3.05, 3.63) is 29.8 Å². The number of hydrogen-bond donors (Lipinski definition) is 2. The second kappa shape index (κ2) is 8.00. The molecule has 0 radical (unpaired) electrons. The number of carbonyl (C=O) groups is 2. The molecule has 1 atom stereocenters. The number of rotatable bonds is 6. The molecule has 0 spiro atoms. The minimum absolute atomic E-state index is 0.242. The summed E-state index contributed by atoms with van der Waals surface area (Å²) in [7, 11) is 0. The van der Waals surface area contributed by atoms with Gasteiger partial charge in [0.2, 0.25) is 5.91 Å².